The van der Waals surface area contributed by atoms with E-state index in [0.717, 1.165) is 16.9 Å². The Kier molecular flexibility index (Phi) is 6.96. The minimum atomic E-state index is -0.144. The fraction of sp³-hybridized carbons (Fsp3) is 0.250. The number of carbonyl (C=O) groups excluding carboxylic acids is 1. The predicted octanol–water partition coefficient (Wildman–Crippen LogP) is 3.17. The molecule has 9 heteroatoms. The van der Waals surface area contributed by atoms with Crippen molar-refractivity contribution in [3.63, 3.8) is 0 Å². The first kappa shape index (κ1) is 20.5. The first-order valence-corrected chi connectivity index (χ1v) is 9.70. The summed E-state index contributed by atoms with van der Waals surface area (Å²) in [5.41, 5.74) is 1.68. The Hall–Kier alpha value is -3.20. The zero-order valence-electron chi connectivity index (χ0n) is 16.3. The van der Waals surface area contributed by atoms with Crippen molar-refractivity contribution in [1.82, 2.24) is 15.5 Å². The van der Waals surface area contributed by atoms with Gasteiger partial charge in [0.1, 0.15) is 5.75 Å². The molecule has 2 aromatic carbocycles. The number of nitrogens with one attached hydrogen (secondary N) is 1. The van der Waals surface area contributed by atoms with Gasteiger partial charge in [0, 0.05) is 12.1 Å². The lowest BCUT2D eigenvalue weighted by Gasteiger charge is -2.10. The summed E-state index contributed by atoms with van der Waals surface area (Å²) in [5, 5.41) is 11.2. The van der Waals surface area contributed by atoms with Gasteiger partial charge in [-0.05, 0) is 42.0 Å². The summed E-state index contributed by atoms with van der Waals surface area (Å²) in [7, 11) is 4.75. The molecule has 1 amide bonds. The van der Waals surface area contributed by atoms with Crippen molar-refractivity contribution in [1.29, 1.82) is 0 Å². The van der Waals surface area contributed by atoms with Gasteiger partial charge in [-0.15, -0.1) is 10.2 Å². The molecule has 0 saturated carbocycles. The van der Waals surface area contributed by atoms with Crippen molar-refractivity contribution in [2.45, 2.75) is 11.8 Å². The quantitative estimate of drug-likeness (QED) is 0.533. The van der Waals surface area contributed by atoms with Gasteiger partial charge < -0.3 is 23.9 Å². The summed E-state index contributed by atoms with van der Waals surface area (Å²) in [6, 6.07) is 12.8. The van der Waals surface area contributed by atoms with Crippen LogP contribution in [0.25, 0.3) is 11.5 Å². The van der Waals surface area contributed by atoms with Crippen LogP contribution in [0.3, 0.4) is 0 Å². The average molecular weight is 415 g/mol. The van der Waals surface area contributed by atoms with Crippen LogP contribution in [0.4, 0.5) is 0 Å². The number of hydrogen-bond donors (Lipinski definition) is 1. The molecule has 0 fully saturated rings. The standard InChI is InChI=1S/C20H21N3O5S/c1-25-15-7-5-14(6-8-15)19-22-23-20(28-19)29-12-18(24)21-11-13-4-9-16(26-2)17(10-13)27-3/h4-10H,11-12H2,1-3H3,(H,21,24). The first-order valence-electron chi connectivity index (χ1n) is 8.71. The van der Waals surface area contributed by atoms with Crippen molar-refractivity contribution in [2.24, 2.45) is 0 Å². The van der Waals surface area contributed by atoms with Crippen LogP contribution in [0.1, 0.15) is 5.56 Å². The van der Waals surface area contributed by atoms with Crippen LogP contribution in [0.15, 0.2) is 52.1 Å². The molecule has 0 saturated heterocycles. The first-order chi connectivity index (χ1) is 14.1. The summed E-state index contributed by atoms with van der Waals surface area (Å²) in [5.74, 6) is 2.41. The van der Waals surface area contributed by atoms with Crippen molar-refractivity contribution in [2.75, 3.05) is 27.1 Å². The van der Waals surface area contributed by atoms with E-state index < -0.39 is 0 Å². The molecule has 0 bridgehead atoms. The summed E-state index contributed by atoms with van der Waals surface area (Å²) >= 11 is 1.18. The molecule has 0 aliphatic rings. The van der Waals surface area contributed by atoms with Crippen molar-refractivity contribution in [3.8, 4) is 28.7 Å². The van der Waals surface area contributed by atoms with E-state index in [1.807, 2.05) is 36.4 Å². The van der Waals surface area contributed by atoms with Crippen molar-refractivity contribution >= 4 is 17.7 Å². The number of hydrogen-bond acceptors (Lipinski definition) is 8. The monoisotopic (exact) mass is 415 g/mol. The normalized spacial score (nSPS) is 10.4. The molecule has 0 aliphatic heterocycles. The molecule has 8 nitrogen and oxygen atoms in total. The predicted molar refractivity (Wildman–Crippen MR) is 108 cm³/mol. The summed E-state index contributed by atoms with van der Waals surface area (Å²) < 4.78 is 21.2. The maximum atomic E-state index is 12.1. The van der Waals surface area contributed by atoms with Gasteiger partial charge in [-0.2, -0.15) is 0 Å². The fourth-order valence-electron chi connectivity index (χ4n) is 2.49. The molecular weight excluding hydrogens is 394 g/mol. The van der Waals surface area contributed by atoms with E-state index in [1.165, 1.54) is 11.8 Å². The van der Waals surface area contributed by atoms with Gasteiger partial charge in [0.2, 0.25) is 11.8 Å². The van der Waals surface area contributed by atoms with E-state index in [1.54, 1.807) is 27.4 Å². The Morgan fingerprint density at radius 2 is 1.76 bits per heavy atom. The number of benzene rings is 2. The van der Waals surface area contributed by atoms with Gasteiger partial charge >= 0.3 is 0 Å². The highest BCUT2D eigenvalue weighted by Crippen LogP contribution is 2.27. The highest BCUT2D eigenvalue weighted by atomic mass is 32.2. The molecule has 3 aromatic rings. The number of nitrogens with zero attached hydrogens (tertiary/aromatic N) is 2. The van der Waals surface area contributed by atoms with Crippen LogP contribution < -0.4 is 19.5 Å². The Labute approximate surface area is 172 Å². The van der Waals surface area contributed by atoms with E-state index in [0.29, 0.717) is 29.2 Å². The molecule has 152 valence electrons. The number of ether oxygens (including phenoxy) is 3. The number of methoxy groups -OCH3 is 3. The average Bonchev–Trinajstić information content (AvgIpc) is 3.25. The van der Waals surface area contributed by atoms with Gasteiger partial charge in [0.05, 0.1) is 27.1 Å². The second kappa shape index (κ2) is 9.83. The molecule has 29 heavy (non-hydrogen) atoms. The van der Waals surface area contributed by atoms with E-state index in [2.05, 4.69) is 15.5 Å². The smallest absolute Gasteiger partial charge is 0.277 e. The van der Waals surface area contributed by atoms with Gasteiger partial charge in [-0.25, -0.2) is 0 Å². The summed E-state index contributed by atoms with van der Waals surface area (Å²) in [4.78, 5) is 12.1. The third kappa shape index (κ3) is 5.41. The number of thioether (sulfide) groups is 1. The molecule has 1 aromatic heterocycles. The van der Waals surface area contributed by atoms with Gasteiger partial charge in [-0.3, -0.25) is 4.79 Å². The fourth-order valence-corrected chi connectivity index (χ4v) is 3.08. The van der Waals surface area contributed by atoms with E-state index in [-0.39, 0.29) is 11.7 Å². The number of rotatable bonds is 9. The molecule has 1 N–H and O–H groups in total. The molecule has 0 unspecified atom stereocenters. The molecule has 0 atom stereocenters. The second-order valence-corrected chi connectivity index (χ2v) is 6.78. The van der Waals surface area contributed by atoms with Crippen LogP contribution in [0.2, 0.25) is 0 Å². The number of carbonyl (C=O) groups is 1. The van der Waals surface area contributed by atoms with Gasteiger partial charge in [0.15, 0.2) is 11.5 Å². The van der Waals surface area contributed by atoms with E-state index >= 15 is 0 Å². The SMILES string of the molecule is COc1ccc(-c2nnc(SCC(=O)NCc3ccc(OC)c(OC)c3)o2)cc1. The lowest BCUT2D eigenvalue weighted by molar-refractivity contribution is -0.118. The highest BCUT2D eigenvalue weighted by molar-refractivity contribution is 7.99. The summed E-state index contributed by atoms with van der Waals surface area (Å²) in [6.45, 7) is 0.376. The van der Waals surface area contributed by atoms with E-state index in [9.17, 15) is 4.79 Å². The maximum absolute atomic E-state index is 12.1. The van der Waals surface area contributed by atoms with Crippen LogP contribution in [-0.4, -0.2) is 43.2 Å². The third-order valence-electron chi connectivity index (χ3n) is 4.01. The molecule has 3 rings (SSSR count). The molecule has 0 radical (unpaired) electrons. The topological polar surface area (TPSA) is 95.7 Å². The lowest BCUT2D eigenvalue weighted by atomic mass is 10.2. The molecule has 0 spiro atoms. The van der Waals surface area contributed by atoms with Crippen molar-refractivity contribution in [3.05, 3.63) is 48.0 Å². The number of amides is 1. The van der Waals surface area contributed by atoms with Gasteiger partial charge in [-0.1, -0.05) is 17.8 Å². The van der Waals surface area contributed by atoms with Crippen LogP contribution in [0.5, 0.6) is 17.2 Å². The van der Waals surface area contributed by atoms with Crippen LogP contribution >= 0.6 is 11.8 Å². The Morgan fingerprint density at radius 1 is 1.00 bits per heavy atom. The minimum absolute atomic E-state index is 0.144. The lowest BCUT2D eigenvalue weighted by Crippen LogP contribution is -2.24. The Bertz CT molecular complexity index is 959. The molecule has 1 heterocycles. The molecular formula is C20H21N3O5S. The zero-order chi connectivity index (χ0) is 20.6. The van der Waals surface area contributed by atoms with E-state index in [4.69, 9.17) is 18.6 Å². The van der Waals surface area contributed by atoms with Crippen LogP contribution in [0, 0.1) is 0 Å². The maximum Gasteiger partial charge on any atom is 0.277 e. The third-order valence-corrected chi connectivity index (χ3v) is 4.83. The summed E-state index contributed by atoms with van der Waals surface area (Å²) in [6.07, 6.45) is 0. The minimum Gasteiger partial charge on any atom is -0.497 e. The number of aromatic nitrogens is 2. The largest absolute Gasteiger partial charge is 0.497 e. The Morgan fingerprint density at radius 3 is 2.45 bits per heavy atom. The highest BCUT2D eigenvalue weighted by Gasteiger charge is 2.12. The zero-order valence-corrected chi connectivity index (χ0v) is 17.1. The van der Waals surface area contributed by atoms with Crippen molar-refractivity contribution < 1.29 is 23.4 Å². The second-order valence-electron chi connectivity index (χ2n) is 5.86. The van der Waals surface area contributed by atoms with Crippen LogP contribution in [-0.2, 0) is 11.3 Å². The van der Waals surface area contributed by atoms with Gasteiger partial charge in [0.25, 0.3) is 5.22 Å². The Balaban J connectivity index is 1.50. The molecule has 0 aliphatic carbocycles.